The van der Waals surface area contributed by atoms with Crippen molar-refractivity contribution in [1.82, 2.24) is 10.4 Å². The number of hydrogen-bond acceptors (Lipinski definition) is 4. The van der Waals surface area contributed by atoms with Crippen LogP contribution in [0.4, 0.5) is 0 Å². The highest BCUT2D eigenvalue weighted by Gasteiger charge is 2.13. The summed E-state index contributed by atoms with van der Waals surface area (Å²) in [5.74, 6) is -1.10. The molecule has 0 fully saturated rings. The van der Waals surface area contributed by atoms with Crippen LogP contribution in [0.5, 0.6) is 0 Å². The highest BCUT2D eigenvalue weighted by molar-refractivity contribution is 5.83. The van der Waals surface area contributed by atoms with Gasteiger partial charge in [-0.05, 0) is 0 Å². The lowest BCUT2D eigenvalue weighted by atomic mass is 10.3. The van der Waals surface area contributed by atoms with Crippen LogP contribution in [-0.2, 0) is 19.2 Å². The van der Waals surface area contributed by atoms with Crippen LogP contribution >= 0.6 is 0 Å². The summed E-state index contributed by atoms with van der Waals surface area (Å²) in [5, 5.41) is 0. The number of nitrogens with one attached hydrogen (secondary N) is 1. The van der Waals surface area contributed by atoms with Gasteiger partial charge in [0.2, 0.25) is 17.7 Å². The molecule has 7 heteroatoms. The van der Waals surface area contributed by atoms with Crippen LogP contribution in [0.25, 0.3) is 0 Å². The average Bonchev–Trinajstić information content (AvgIpc) is 2.20. The van der Waals surface area contributed by atoms with Gasteiger partial charge in [0.1, 0.15) is 0 Å². The maximum absolute atomic E-state index is 11.4. The lowest BCUT2D eigenvalue weighted by Gasteiger charge is -2.20. The molecule has 0 rings (SSSR count). The zero-order valence-electron chi connectivity index (χ0n) is 9.49. The second-order valence-corrected chi connectivity index (χ2v) is 3.14. The Labute approximate surface area is 93.9 Å². The SMILES string of the molecule is CCC(=O)N(CCONC(C)=O)CC(N)=O. The van der Waals surface area contributed by atoms with Gasteiger partial charge in [0.05, 0.1) is 13.2 Å². The van der Waals surface area contributed by atoms with Gasteiger partial charge in [0.15, 0.2) is 0 Å². The molecule has 0 heterocycles. The standard InChI is InChI=1S/C9H17N3O4/c1-3-9(15)12(6-8(10)14)4-5-16-11-7(2)13/h3-6H2,1-2H3,(H2,10,14)(H,11,13). The number of rotatable bonds is 7. The van der Waals surface area contributed by atoms with E-state index in [1.807, 2.05) is 0 Å². The van der Waals surface area contributed by atoms with E-state index in [1.165, 1.54) is 11.8 Å². The number of carbonyl (C=O) groups is 3. The van der Waals surface area contributed by atoms with E-state index in [0.717, 1.165) is 0 Å². The van der Waals surface area contributed by atoms with Crippen molar-refractivity contribution in [3.05, 3.63) is 0 Å². The third-order valence-electron chi connectivity index (χ3n) is 1.68. The van der Waals surface area contributed by atoms with Gasteiger partial charge >= 0.3 is 0 Å². The molecule has 0 aliphatic heterocycles. The van der Waals surface area contributed by atoms with Gasteiger partial charge in [-0.15, -0.1) is 0 Å². The Morgan fingerprint density at radius 2 is 2.00 bits per heavy atom. The van der Waals surface area contributed by atoms with Crippen LogP contribution in [0.2, 0.25) is 0 Å². The third-order valence-corrected chi connectivity index (χ3v) is 1.68. The normalized spacial score (nSPS) is 9.62. The molecule has 0 unspecified atom stereocenters. The second-order valence-electron chi connectivity index (χ2n) is 3.14. The molecule has 0 aliphatic carbocycles. The summed E-state index contributed by atoms with van der Waals surface area (Å²) in [7, 11) is 0. The highest BCUT2D eigenvalue weighted by Crippen LogP contribution is 1.93. The Bertz CT molecular complexity index is 267. The molecular formula is C9H17N3O4. The Morgan fingerprint density at radius 3 is 2.44 bits per heavy atom. The van der Waals surface area contributed by atoms with E-state index in [9.17, 15) is 14.4 Å². The van der Waals surface area contributed by atoms with Gasteiger partial charge in [-0.25, -0.2) is 5.48 Å². The van der Waals surface area contributed by atoms with E-state index in [0.29, 0.717) is 0 Å². The van der Waals surface area contributed by atoms with Crippen LogP contribution < -0.4 is 11.2 Å². The minimum absolute atomic E-state index is 0.110. The zero-order chi connectivity index (χ0) is 12.6. The largest absolute Gasteiger partial charge is 0.368 e. The van der Waals surface area contributed by atoms with Crippen LogP contribution in [0.1, 0.15) is 20.3 Å². The summed E-state index contributed by atoms with van der Waals surface area (Å²) in [6, 6.07) is 0. The molecule has 0 saturated heterocycles. The summed E-state index contributed by atoms with van der Waals surface area (Å²) < 4.78 is 0. The fraction of sp³-hybridized carbons (Fsp3) is 0.667. The first-order chi connectivity index (χ1) is 7.47. The third kappa shape index (κ3) is 6.77. The van der Waals surface area contributed by atoms with Crippen molar-refractivity contribution in [2.24, 2.45) is 5.73 Å². The quantitative estimate of drug-likeness (QED) is 0.423. The number of hydrogen-bond donors (Lipinski definition) is 2. The fourth-order valence-corrected chi connectivity index (χ4v) is 1.01. The minimum atomic E-state index is -0.582. The predicted molar refractivity (Wildman–Crippen MR) is 55.8 cm³/mol. The first-order valence-electron chi connectivity index (χ1n) is 4.91. The molecule has 0 spiro atoms. The van der Waals surface area contributed by atoms with Crippen molar-refractivity contribution in [2.45, 2.75) is 20.3 Å². The van der Waals surface area contributed by atoms with Gasteiger partial charge < -0.3 is 10.6 Å². The predicted octanol–water partition coefficient (Wildman–Crippen LogP) is -1.22. The molecule has 0 saturated carbocycles. The van der Waals surface area contributed by atoms with E-state index in [-0.39, 0.29) is 37.9 Å². The molecule has 3 N–H and O–H groups in total. The number of carbonyl (C=O) groups excluding carboxylic acids is 3. The monoisotopic (exact) mass is 231 g/mol. The van der Waals surface area contributed by atoms with Crippen molar-refractivity contribution in [2.75, 3.05) is 19.7 Å². The summed E-state index contributed by atoms with van der Waals surface area (Å²) in [5.41, 5.74) is 7.11. The van der Waals surface area contributed by atoms with Crippen molar-refractivity contribution in [3.8, 4) is 0 Å². The van der Waals surface area contributed by atoms with Crippen molar-refractivity contribution >= 4 is 17.7 Å². The van der Waals surface area contributed by atoms with Crippen LogP contribution in [0.3, 0.4) is 0 Å². The molecule has 0 aromatic heterocycles. The lowest BCUT2D eigenvalue weighted by Crippen LogP contribution is -2.40. The second kappa shape index (κ2) is 7.63. The van der Waals surface area contributed by atoms with Crippen molar-refractivity contribution in [1.29, 1.82) is 0 Å². The Hall–Kier alpha value is -1.63. The highest BCUT2D eigenvalue weighted by atomic mass is 16.6. The topological polar surface area (TPSA) is 102 Å². The lowest BCUT2D eigenvalue weighted by molar-refractivity contribution is -0.138. The van der Waals surface area contributed by atoms with Gasteiger partial charge in [-0.2, -0.15) is 0 Å². The van der Waals surface area contributed by atoms with Crippen LogP contribution in [-0.4, -0.2) is 42.3 Å². The molecular weight excluding hydrogens is 214 g/mol. The molecule has 0 radical (unpaired) electrons. The average molecular weight is 231 g/mol. The molecule has 0 aromatic carbocycles. The Kier molecular flexibility index (Phi) is 6.86. The number of amides is 3. The van der Waals surface area contributed by atoms with Gasteiger partial charge in [0, 0.05) is 19.9 Å². The molecule has 3 amide bonds. The summed E-state index contributed by atoms with van der Waals surface area (Å²) in [4.78, 5) is 38.5. The molecule has 0 aromatic rings. The Morgan fingerprint density at radius 1 is 1.38 bits per heavy atom. The van der Waals surface area contributed by atoms with Gasteiger partial charge in [-0.3, -0.25) is 19.2 Å². The van der Waals surface area contributed by atoms with Crippen molar-refractivity contribution in [3.63, 3.8) is 0 Å². The maximum Gasteiger partial charge on any atom is 0.240 e. The molecule has 0 bridgehead atoms. The minimum Gasteiger partial charge on any atom is -0.368 e. The molecule has 0 atom stereocenters. The Balaban J connectivity index is 3.97. The summed E-state index contributed by atoms with van der Waals surface area (Å²) in [6.07, 6.45) is 0.285. The van der Waals surface area contributed by atoms with E-state index in [2.05, 4.69) is 5.48 Å². The van der Waals surface area contributed by atoms with Gasteiger partial charge in [-0.1, -0.05) is 6.92 Å². The van der Waals surface area contributed by atoms with E-state index >= 15 is 0 Å². The van der Waals surface area contributed by atoms with Crippen LogP contribution in [0, 0.1) is 0 Å². The van der Waals surface area contributed by atoms with Crippen molar-refractivity contribution < 1.29 is 19.2 Å². The summed E-state index contributed by atoms with van der Waals surface area (Å²) in [6.45, 7) is 3.16. The number of primary amides is 1. The number of nitrogens with zero attached hydrogens (tertiary/aromatic N) is 1. The first-order valence-corrected chi connectivity index (χ1v) is 4.91. The molecule has 0 aliphatic rings. The molecule has 92 valence electrons. The first kappa shape index (κ1) is 14.4. The smallest absolute Gasteiger partial charge is 0.240 e. The number of hydroxylamine groups is 1. The van der Waals surface area contributed by atoms with E-state index < -0.39 is 5.91 Å². The van der Waals surface area contributed by atoms with Crippen LogP contribution in [0.15, 0.2) is 0 Å². The maximum atomic E-state index is 11.4. The number of nitrogens with two attached hydrogens (primary N) is 1. The zero-order valence-corrected chi connectivity index (χ0v) is 9.49. The van der Waals surface area contributed by atoms with E-state index in [1.54, 1.807) is 6.92 Å². The molecule has 16 heavy (non-hydrogen) atoms. The van der Waals surface area contributed by atoms with Gasteiger partial charge in [0.25, 0.3) is 0 Å². The molecule has 7 nitrogen and oxygen atoms in total. The fourth-order valence-electron chi connectivity index (χ4n) is 1.01. The summed E-state index contributed by atoms with van der Waals surface area (Å²) >= 11 is 0. The van der Waals surface area contributed by atoms with E-state index in [4.69, 9.17) is 10.6 Å².